The van der Waals surface area contributed by atoms with E-state index in [1.165, 1.54) is 49.8 Å². The zero-order valence-electron chi connectivity index (χ0n) is 21.0. The number of rotatable bonds is 6. The van der Waals surface area contributed by atoms with Crippen molar-refractivity contribution >= 4 is 32.3 Å². The molecule has 2 N–H and O–H groups in total. The van der Waals surface area contributed by atoms with Crippen LogP contribution < -0.4 is 16.0 Å². The van der Waals surface area contributed by atoms with E-state index in [0.717, 1.165) is 26.2 Å². The molecule has 0 amide bonds. The minimum absolute atomic E-state index is 0.00992. The van der Waals surface area contributed by atoms with Crippen molar-refractivity contribution < 1.29 is 26.9 Å². The molecule has 204 valence electrons. The van der Waals surface area contributed by atoms with Gasteiger partial charge in [-0.2, -0.15) is 0 Å². The van der Waals surface area contributed by atoms with Gasteiger partial charge in [0, 0.05) is 42.0 Å². The monoisotopic (exact) mass is 566 g/mol. The van der Waals surface area contributed by atoms with E-state index >= 15 is 0 Å². The van der Waals surface area contributed by atoms with Crippen LogP contribution in [0.5, 0.6) is 11.5 Å². The third-order valence-electron chi connectivity index (χ3n) is 6.31. The van der Waals surface area contributed by atoms with E-state index in [9.17, 15) is 32.1 Å². The Morgan fingerprint density at radius 2 is 1.70 bits per heavy atom. The van der Waals surface area contributed by atoms with Gasteiger partial charge in [0.05, 0.1) is 9.82 Å². The molecule has 0 saturated heterocycles. The molecule has 5 rings (SSSR count). The van der Waals surface area contributed by atoms with Crippen molar-refractivity contribution in [2.24, 2.45) is 7.05 Å². The number of aryl methyl sites for hydroxylation is 2. The Morgan fingerprint density at radius 3 is 2.35 bits per heavy atom. The highest BCUT2D eigenvalue weighted by atomic mass is 32.2. The van der Waals surface area contributed by atoms with Gasteiger partial charge in [0.1, 0.15) is 17.0 Å². The summed E-state index contributed by atoms with van der Waals surface area (Å²) in [6.45, 7) is 1.80. The number of nitro groups is 1. The van der Waals surface area contributed by atoms with Crippen molar-refractivity contribution in [3.05, 3.63) is 111 Å². The van der Waals surface area contributed by atoms with Gasteiger partial charge in [-0.25, -0.2) is 21.2 Å². The van der Waals surface area contributed by atoms with Gasteiger partial charge in [-0.3, -0.25) is 14.9 Å². The fraction of sp³-hybridized carbons (Fsp3) is 0.0741. The Hall–Kier alpha value is -5.04. The second-order valence-electron chi connectivity index (χ2n) is 8.96. The summed E-state index contributed by atoms with van der Waals surface area (Å²) in [6.07, 6.45) is 2.55. The second-order valence-corrected chi connectivity index (χ2v) is 10.8. The quantitative estimate of drug-likeness (QED) is 0.171. The smallest absolute Gasteiger partial charge is 0.334 e. The van der Waals surface area contributed by atoms with Gasteiger partial charge in [0.2, 0.25) is 5.75 Å². The van der Waals surface area contributed by atoms with Crippen LogP contribution in [0.3, 0.4) is 0 Å². The molecule has 2 aromatic heterocycles. The molecule has 0 fully saturated rings. The first-order valence-electron chi connectivity index (χ1n) is 11.6. The average molecular weight is 567 g/mol. The van der Waals surface area contributed by atoms with E-state index in [4.69, 9.17) is 10.5 Å². The number of aromatic nitrogens is 2. The number of nitrogen functional groups attached to an aromatic ring is 1. The molecule has 0 atom stereocenters. The predicted molar refractivity (Wildman–Crippen MR) is 144 cm³/mol. The highest BCUT2D eigenvalue weighted by molar-refractivity contribution is 7.90. The number of hydrogen-bond acceptors (Lipinski definition) is 7. The molecule has 40 heavy (non-hydrogen) atoms. The minimum Gasteiger partial charge on any atom is -0.446 e. The maximum atomic E-state index is 14.5. The molecule has 0 aliphatic carbocycles. The predicted octanol–water partition coefficient (Wildman–Crippen LogP) is 5.11. The Morgan fingerprint density at radius 1 is 1.00 bits per heavy atom. The molecule has 0 radical (unpaired) electrons. The minimum atomic E-state index is -4.22. The Kier molecular flexibility index (Phi) is 6.38. The van der Waals surface area contributed by atoms with E-state index in [0.29, 0.717) is 6.07 Å². The summed E-state index contributed by atoms with van der Waals surface area (Å²) in [5.74, 6) is -3.01. The van der Waals surface area contributed by atoms with Crippen LogP contribution in [-0.4, -0.2) is 21.9 Å². The van der Waals surface area contributed by atoms with Gasteiger partial charge in [-0.15, -0.1) is 0 Å². The molecule has 0 bridgehead atoms. The summed E-state index contributed by atoms with van der Waals surface area (Å²) in [6, 6.07) is 12.5. The van der Waals surface area contributed by atoms with Crippen molar-refractivity contribution in [2.45, 2.75) is 11.8 Å². The number of ether oxygens (including phenoxy) is 1. The van der Waals surface area contributed by atoms with Crippen LogP contribution in [0.15, 0.2) is 82.7 Å². The molecule has 13 heteroatoms. The fourth-order valence-electron chi connectivity index (χ4n) is 4.33. The molecule has 10 nitrogen and oxygen atoms in total. The number of hydrogen-bond donors (Lipinski definition) is 1. The lowest BCUT2D eigenvalue weighted by Crippen LogP contribution is -2.22. The topological polar surface area (TPSA) is 139 Å². The summed E-state index contributed by atoms with van der Waals surface area (Å²) < 4.78 is 62.6. The Labute approximate surface area is 225 Å². The Bertz CT molecular complexity index is 2000. The van der Waals surface area contributed by atoms with Crippen LogP contribution in [0.25, 0.3) is 22.0 Å². The molecule has 0 saturated carbocycles. The van der Waals surface area contributed by atoms with Crippen molar-refractivity contribution in [1.29, 1.82) is 0 Å². The van der Waals surface area contributed by atoms with Crippen LogP contribution in [0, 0.1) is 28.7 Å². The first-order valence-corrected chi connectivity index (χ1v) is 13.1. The normalized spacial score (nSPS) is 11.6. The van der Waals surface area contributed by atoms with Crippen LogP contribution in [0.4, 0.5) is 20.2 Å². The van der Waals surface area contributed by atoms with E-state index in [2.05, 4.69) is 0 Å². The summed E-state index contributed by atoms with van der Waals surface area (Å²) in [4.78, 5) is 24.4. The number of anilines is 1. The van der Waals surface area contributed by atoms with E-state index in [1.54, 1.807) is 19.1 Å². The van der Waals surface area contributed by atoms with Gasteiger partial charge in [0.15, 0.2) is 11.6 Å². The van der Waals surface area contributed by atoms with Crippen LogP contribution in [0.2, 0.25) is 0 Å². The Balaban J connectivity index is 1.80. The summed E-state index contributed by atoms with van der Waals surface area (Å²) >= 11 is 0. The highest BCUT2D eigenvalue weighted by Gasteiger charge is 2.29. The standard InChI is InChI=1S/C27H20F2N4O6S/c1-15-3-6-17(7-4-15)40(37,38)32-12-11-18-20(14-31(2)27(34)24(18)32)19-8-9-22(30)25(33(35)36)26(19)39-23-10-5-16(28)13-21(23)29/h3-14H,30H2,1-2H3. The zero-order valence-corrected chi connectivity index (χ0v) is 21.8. The number of halogens is 2. The zero-order chi connectivity index (χ0) is 28.9. The van der Waals surface area contributed by atoms with Crippen LogP contribution in [-0.2, 0) is 17.1 Å². The number of benzene rings is 3. The van der Waals surface area contributed by atoms with Crippen molar-refractivity contribution in [1.82, 2.24) is 8.54 Å². The van der Waals surface area contributed by atoms with Gasteiger partial charge < -0.3 is 15.0 Å². The molecule has 0 aliphatic heterocycles. The van der Waals surface area contributed by atoms with E-state index < -0.39 is 49.3 Å². The third-order valence-corrected chi connectivity index (χ3v) is 8.00. The molecule has 0 aliphatic rings. The third kappa shape index (κ3) is 4.35. The molecular weight excluding hydrogens is 546 g/mol. The number of fused-ring (bicyclic) bond motifs is 1. The lowest BCUT2D eigenvalue weighted by atomic mass is 10.0. The second kappa shape index (κ2) is 9.61. The van der Waals surface area contributed by atoms with Crippen LogP contribution in [0.1, 0.15) is 5.56 Å². The molecule has 5 aromatic rings. The molecule has 2 heterocycles. The first-order chi connectivity index (χ1) is 18.9. The number of nitro benzene ring substituents is 1. The SMILES string of the molecule is Cc1ccc(S(=O)(=O)n2ccc3c(-c4ccc(N)c([N+](=O)[O-])c4Oc4ccc(F)cc4F)cn(C)c(=O)c32)cc1. The summed E-state index contributed by atoms with van der Waals surface area (Å²) in [7, 11) is -2.83. The van der Waals surface area contributed by atoms with E-state index in [-0.39, 0.29) is 32.6 Å². The molecular formula is C27H20F2N4O6S. The van der Waals surface area contributed by atoms with Crippen LogP contribution >= 0.6 is 0 Å². The summed E-state index contributed by atoms with van der Waals surface area (Å²) in [5.41, 5.74) is 5.01. The molecule has 3 aromatic carbocycles. The maximum Gasteiger partial charge on any atom is 0.334 e. The van der Waals surface area contributed by atoms with Crippen molar-refractivity contribution in [3.63, 3.8) is 0 Å². The van der Waals surface area contributed by atoms with Gasteiger partial charge in [-0.1, -0.05) is 17.7 Å². The first kappa shape index (κ1) is 26.6. The van der Waals surface area contributed by atoms with Crippen molar-refractivity contribution in [3.8, 4) is 22.6 Å². The lowest BCUT2D eigenvalue weighted by molar-refractivity contribution is -0.384. The van der Waals surface area contributed by atoms with Gasteiger partial charge in [0.25, 0.3) is 15.6 Å². The number of pyridine rings is 1. The maximum absolute atomic E-state index is 14.5. The average Bonchev–Trinajstić information content (AvgIpc) is 3.35. The largest absolute Gasteiger partial charge is 0.446 e. The molecule has 0 spiro atoms. The fourth-order valence-corrected chi connectivity index (χ4v) is 5.67. The molecule has 0 unspecified atom stereocenters. The van der Waals surface area contributed by atoms with Crippen molar-refractivity contribution in [2.75, 3.05) is 5.73 Å². The highest BCUT2D eigenvalue weighted by Crippen LogP contribution is 2.46. The lowest BCUT2D eigenvalue weighted by Gasteiger charge is -2.15. The van der Waals surface area contributed by atoms with E-state index in [1.807, 2.05) is 0 Å². The summed E-state index contributed by atoms with van der Waals surface area (Å²) in [5, 5.41) is 12.1. The number of nitrogens with zero attached hydrogens (tertiary/aromatic N) is 3. The van der Waals surface area contributed by atoms with Gasteiger partial charge in [-0.05, 0) is 49.4 Å². The number of nitrogens with two attached hydrogens (primary N) is 1. The van der Waals surface area contributed by atoms with Gasteiger partial charge >= 0.3 is 5.69 Å².